The third-order valence-corrected chi connectivity index (χ3v) is 4.07. The van der Waals surface area contributed by atoms with Crippen LogP contribution in [0.15, 0.2) is 0 Å². The van der Waals surface area contributed by atoms with Gasteiger partial charge in [0.2, 0.25) is 0 Å². The van der Waals surface area contributed by atoms with Gasteiger partial charge in [-0.2, -0.15) is 0 Å². The van der Waals surface area contributed by atoms with Crippen LogP contribution in [0.2, 0.25) is 0 Å². The molecule has 0 spiro atoms. The first-order valence-corrected chi connectivity index (χ1v) is 8.12. The Kier molecular flexibility index (Phi) is 6.12. The lowest BCUT2D eigenvalue weighted by Gasteiger charge is -2.41. The van der Waals surface area contributed by atoms with Crippen LogP contribution in [0.5, 0.6) is 0 Å². The van der Waals surface area contributed by atoms with Crippen molar-refractivity contribution in [2.45, 2.75) is 58.2 Å². The minimum Gasteiger partial charge on any atom is -0.444 e. The van der Waals surface area contributed by atoms with Crippen LogP contribution in [0.3, 0.4) is 0 Å². The van der Waals surface area contributed by atoms with Crippen molar-refractivity contribution < 1.29 is 14.3 Å². The van der Waals surface area contributed by atoms with Gasteiger partial charge < -0.3 is 14.4 Å². The summed E-state index contributed by atoms with van der Waals surface area (Å²) in [6, 6.07) is 0. The number of alkyl halides is 1. The van der Waals surface area contributed by atoms with Gasteiger partial charge in [0.25, 0.3) is 0 Å². The Morgan fingerprint density at radius 1 is 1.42 bits per heavy atom. The number of hydrogen-bond donors (Lipinski definition) is 0. The fraction of sp³-hybridized carbons (Fsp3) is 0.929. The van der Waals surface area contributed by atoms with Gasteiger partial charge in [0, 0.05) is 18.5 Å². The van der Waals surface area contributed by atoms with Crippen LogP contribution in [-0.2, 0) is 9.47 Å². The molecule has 4 nitrogen and oxygen atoms in total. The van der Waals surface area contributed by atoms with E-state index in [0.29, 0.717) is 6.54 Å². The summed E-state index contributed by atoms with van der Waals surface area (Å²) < 4.78 is 11.4. The largest absolute Gasteiger partial charge is 0.444 e. The van der Waals surface area contributed by atoms with Crippen molar-refractivity contribution in [3.05, 3.63) is 0 Å². The van der Waals surface area contributed by atoms with Crippen molar-refractivity contribution >= 4 is 22.0 Å². The Morgan fingerprint density at radius 2 is 2.11 bits per heavy atom. The molecule has 0 saturated carbocycles. The lowest BCUT2D eigenvalue weighted by Crippen LogP contribution is -2.53. The van der Waals surface area contributed by atoms with Crippen molar-refractivity contribution in [1.29, 1.82) is 0 Å². The Balaban J connectivity index is 2.64. The van der Waals surface area contributed by atoms with Crippen LogP contribution in [0, 0.1) is 0 Å². The van der Waals surface area contributed by atoms with Crippen LogP contribution in [0.1, 0.15) is 47.0 Å². The molecule has 5 heteroatoms. The molecule has 1 aliphatic rings. The molecule has 0 N–H and O–H groups in total. The minimum absolute atomic E-state index is 0.238. The van der Waals surface area contributed by atoms with Gasteiger partial charge in [0.05, 0.1) is 12.1 Å². The molecule has 19 heavy (non-hydrogen) atoms. The molecule has 1 heterocycles. The first-order valence-electron chi connectivity index (χ1n) is 7.00. The predicted octanol–water partition coefficient (Wildman–Crippen LogP) is 3.58. The summed E-state index contributed by atoms with van der Waals surface area (Å²) in [5.74, 6) is 0. The van der Waals surface area contributed by atoms with Crippen LogP contribution in [0.4, 0.5) is 4.79 Å². The number of carbonyl (C=O) groups is 1. The number of hydrogen-bond acceptors (Lipinski definition) is 3. The summed E-state index contributed by atoms with van der Waals surface area (Å²) in [5, 5.41) is 0.749. The summed E-state index contributed by atoms with van der Waals surface area (Å²) in [4.78, 5) is 13.9. The van der Waals surface area contributed by atoms with E-state index in [2.05, 4.69) is 22.9 Å². The number of likely N-dealkylation sites (tertiary alicyclic amines) is 1. The summed E-state index contributed by atoms with van der Waals surface area (Å²) in [5.41, 5.74) is -0.707. The summed E-state index contributed by atoms with van der Waals surface area (Å²) in [6.07, 6.45) is 2.69. The molecular weight excluding hydrogens is 310 g/mol. The zero-order valence-corrected chi connectivity index (χ0v) is 14.1. The average Bonchev–Trinajstić information content (AvgIpc) is 2.34. The normalized spacial score (nSPS) is 24.4. The average molecular weight is 336 g/mol. The molecule has 0 aromatic carbocycles. The van der Waals surface area contributed by atoms with E-state index in [-0.39, 0.29) is 11.7 Å². The van der Waals surface area contributed by atoms with Crippen LogP contribution in [0.25, 0.3) is 0 Å². The van der Waals surface area contributed by atoms with Gasteiger partial charge in [0.15, 0.2) is 0 Å². The molecule has 1 amide bonds. The second kappa shape index (κ2) is 6.93. The Hall–Kier alpha value is -0.290. The van der Waals surface area contributed by atoms with Crippen LogP contribution >= 0.6 is 15.9 Å². The van der Waals surface area contributed by atoms with Gasteiger partial charge in [-0.3, -0.25) is 0 Å². The second-order valence-corrected chi connectivity index (χ2v) is 6.73. The highest BCUT2D eigenvalue weighted by Crippen LogP contribution is 2.28. The zero-order chi connectivity index (χ0) is 14.5. The van der Waals surface area contributed by atoms with Gasteiger partial charge >= 0.3 is 6.09 Å². The number of ether oxygens (including phenoxy) is 2. The molecule has 1 unspecified atom stereocenters. The summed E-state index contributed by atoms with van der Waals surface area (Å²) in [6.45, 7) is 9.84. The molecule has 0 aromatic rings. The maximum absolute atomic E-state index is 12.1. The molecular formula is C14H26BrNO3. The number of carbonyl (C=O) groups excluding carboxylic acids is 1. The molecule has 1 aliphatic heterocycles. The molecule has 0 radical (unpaired) electrons. The molecule has 1 saturated heterocycles. The van der Waals surface area contributed by atoms with E-state index < -0.39 is 5.60 Å². The molecule has 0 bridgehead atoms. The Morgan fingerprint density at radius 3 is 2.63 bits per heavy atom. The smallest absolute Gasteiger partial charge is 0.410 e. The lowest BCUT2D eigenvalue weighted by atomic mass is 9.95. The van der Waals surface area contributed by atoms with E-state index in [9.17, 15) is 4.79 Å². The first-order chi connectivity index (χ1) is 8.82. The van der Waals surface area contributed by atoms with Gasteiger partial charge in [0.1, 0.15) is 5.60 Å². The third-order valence-electron chi connectivity index (χ3n) is 3.05. The van der Waals surface area contributed by atoms with Gasteiger partial charge in [-0.25, -0.2) is 4.79 Å². The summed E-state index contributed by atoms with van der Waals surface area (Å²) in [7, 11) is 0. The molecule has 0 aromatic heterocycles. The predicted molar refractivity (Wildman–Crippen MR) is 79.8 cm³/mol. The fourth-order valence-corrected chi connectivity index (χ4v) is 2.78. The van der Waals surface area contributed by atoms with Gasteiger partial charge in [-0.15, -0.1) is 0 Å². The number of rotatable bonds is 4. The highest BCUT2D eigenvalue weighted by molar-refractivity contribution is 9.09. The highest BCUT2D eigenvalue weighted by Gasteiger charge is 2.38. The molecule has 1 fully saturated rings. The Bertz CT molecular complexity index is 304. The van der Waals surface area contributed by atoms with E-state index in [1.165, 1.54) is 0 Å². The monoisotopic (exact) mass is 335 g/mol. The number of halogens is 1. The number of nitrogens with zero attached hydrogens (tertiary/aromatic N) is 1. The third kappa shape index (κ3) is 5.30. The van der Waals surface area contributed by atoms with E-state index in [1.54, 1.807) is 4.90 Å². The molecule has 1 atom stereocenters. The fourth-order valence-electron chi connectivity index (χ4n) is 2.16. The van der Waals surface area contributed by atoms with Crippen LogP contribution < -0.4 is 0 Å². The quantitative estimate of drug-likeness (QED) is 0.737. The first kappa shape index (κ1) is 16.8. The molecule has 112 valence electrons. The van der Waals surface area contributed by atoms with E-state index in [4.69, 9.17) is 9.47 Å². The maximum atomic E-state index is 12.1. The molecule has 0 aliphatic carbocycles. The van der Waals surface area contributed by atoms with Gasteiger partial charge in [-0.1, -0.05) is 22.9 Å². The topological polar surface area (TPSA) is 38.8 Å². The van der Waals surface area contributed by atoms with E-state index in [0.717, 1.165) is 37.7 Å². The Labute approximate surface area is 124 Å². The van der Waals surface area contributed by atoms with Crippen molar-refractivity contribution in [2.24, 2.45) is 0 Å². The highest BCUT2D eigenvalue weighted by atomic mass is 79.9. The second-order valence-electron chi connectivity index (χ2n) is 6.17. The summed E-state index contributed by atoms with van der Waals surface area (Å²) >= 11 is 3.53. The van der Waals surface area contributed by atoms with E-state index >= 15 is 0 Å². The zero-order valence-electron chi connectivity index (χ0n) is 12.5. The lowest BCUT2D eigenvalue weighted by molar-refractivity contribution is -0.0757. The minimum atomic E-state index is -0.449. The van der Waals surface area contributed by atoms with Crippen molar-refractivity contribution in [1.82, 2.24) is 4.90 Å². The van der Waals surface area contributed by atoms with Crippen LogP contribution in [-0.4, -0.2) is 47.2 Å². The number of piperidine rings is 1. The number of amides is 1. The maximum Gasteiger partial charge on any atom is 0.410 e. The van der Waals surface area contributed by atoms with Gasteiger partial charge in [-0.05, 0) is 40.0 Å². The van der Waals surface area contributed by atoms with Crippen molar-refractivity contribution in [2.75, 3.05) is 25.0 Å². The standard InChI is InChI=1S/C14H26BrNO3/c1-5-9-18-14(10-15)7-6-8-16(11-14)12(17)19-13(2,3)4/h5-11H2,1-4H3. The van der Waals surface area contributed by atoms with Crippen molar-refractivity contribution in [3.63, 3.8) is 0 Å². The molecule has 1 rings (SSSR count). The van der Waals surface area contributed by atoms with Crippen molar-refractivity contribution in [3.8, 4) is 0 Å². The SMILES string of the molecule is CCCOC1(CBr)CCCN(C(=O)OC(C)(C)C)C1. The van der Waals surface area contributed by atoms with E-state index in [1.807, 2.05) is 20.8 Å².